The molecule has 0 spiro atoms. The maximum absolute atomic E-state index is 10.8. The van der Waals surface area contributed by atoms with Gasteiger partial charge < -0.3 is 9.47 Å². The van der Waals surface area contributed by atoms with Crippen molar-refractivity contribution < 1.29 is 9.47 Å². The first kappa shape index (κ1) is 7.65. The molecule has 1 aromatic rings. The van der Waals surface area contributed by atoms with Crippen LogP contribution in [0.25, 0.3) is 0 Å². The third-order valence-corrected chi connectivity index (χ3v) is 1.25. The lowest BCUT2D eigenvalue weighted by molar-refractivity contribution is 0.380. The van der Waals surface area contributed by atoms with Gasteiger partial charge in [-0.15, -0.1) is 0 Å². The zero-order chi connectivity index (χ0) is 8.27. The molecule has 0 bridgehead atoms. The number of aromatic nitrogens is 1. The molecule has 0 saturated heterocycles. The molecular weight excluding hydrogens is 146 g/mol. The number of pyridine rings is 1. The number of nitrogens with one attached hydrogen (secondary N) is 1. The lowest BCUT2D eigenvalue weighted by atomic mass is 10.4. The van der Waals surface area contributed by atoms with Gasteiger partial charge in [0, 0.05) is 12.1 Å². The Balaban J connectivity index is 3.12. The average molecular weight is 155 g/mol. The molecule has 1 aromatic heterocycles. The zero-order valence-electron chi connectivity index (χ0n) is 6.38. The van der Waals surface area contributed by atoms with Gasteiger partial charge in [0.15, 0.2) is 5.88 Å². The summed E-state index contributed by atoms with van der Waals surface area (Å²) in [5.41, 5.74) is -0.235. The maximum Gasteiger partial charge on any atom is 0.254 e. The third kappa shape index (κ3) is 1.73. The molecule has 11 heavy (non-hydrogen) atoms. The number of H-pyrrole nitrogens is 1. The first-order valence-electron chi connectivity index (χ1n) is 3.08. The number of hydrogen-bond acceptors (Lipinski definition) is 3. The van der Waals surface area contributed by atoms with Crippen LogP contribution >= 0.6 is 0 Å². The van der Waals surface area contributed by atoms with E-state index in [1.165, 1.54) is 20.3 Å². The van der Waals surface area contributed by atoms with Crippen LogP contribution in [0.4, 0.5) is 0 Å². The van der Waals surface area contributed by atoms with Crippen LogP contribution in [0.5, 0.6) is 11.6 Å². The van der Waals surface area contributed by atoms with E-state index >= 15 is 0 Å². The molecular formula is C7H9NO3. The van der Waals surface area contributed by atoms with Gasteiger partial charge in [-0.25, -0.2) is 0 Å². The summed E-state index contributed by atoms with van der Waals surface area (Å²) in [6, 6.07) is 2.95. The van der Waals surface area contributed by atoms with Crippen LogP contribution in [0.15, 0.2) is 16.9 Å². The van der Waals surface area contributed by atoms with E-state index in [1.807, 2.05) is 0 Å². The van der Waals surface area contributed by atoms with E-state index in [9.17, 15) is 4.79 Å². The fraction of sp³-hybridized carbons (Fsp3) is 0.286. The Kier molecular flexibility index (Phi) is 2.15. The van der Waals surface area contributed by atoms with Crippen molar-refractivity contribution in [1.29, 1.82) is 0 Å². The van der Waals surface area contributed by atoms with Crippen molar-refractivity contribution in [3.63, 3.8) is 0 Å². The fourth-order valence-electron chi connectivity index (χ4n) is 0.721. The van der Waals surface area contributed by atoms with E-state index in [-0.39, 0.29) is 5.56 Å². The van der Waals surface area contributed by atoms with Crippen molar-refractivity contribution in [1.82, 2.24) is 4.98 Å². The van der Waals surface area contributed by atoms with Crippen LogP contribution in [0.1, 0.15) is 0 Å². The van der Waals surface area contributed by atoms with Gasteiger partial charge in [-0.1, -0.05) is 0 Å². The molecule has 1 N–H and O–H groups in total. The minimum absolute atomic E-state index is 0.235. The van der Waals surface area contributed by atoms with Gasteiger partial charge in [0.2, 0.25) is 0 Å². The summed E-state index contributed by atoms with van der Waals surface area (Å²) in [6.45, 7) is 0. The molecule has 0 atom stereocenters. The first-order valence-corrected chi connectivity index (χ1v) is 3.08. The molecule has 0 radical (unpaired) electrons. The minimum atomic E-state index is -0.235. The molecule has 0 saturated carbocycles. The van der Waals surface area contributed by atoms with E-state index in [0.29, 0.717) is 11.6 Å². The van der Waals surface area contributed by atoms with Gasteiger partial charge in [-0.3, -0.25) is 9.78 Å². The Morgan fingerprint density at radius 2 is 2.00 bits per heavy atom. The molecule has 1 heterocycles. The normalized spacial score (nSPS) is 9.27. The van der Waals surface area contributed by atoms with Crippen molar-refractivity contribution in [2.45, 2.75) is 0 Å². The largest absolute Gasteiger partial charge is 0.496 e. The molecule has 60 valence electrons. The van der Waals surface area contributed by atoms with Crippen LogP contribution in [-0.4, -0.2) is 19.2 Å². The van der Waals surface area contributed by atoms with Gasteiger partial charge >= 0.3 is 0 Å². The van der Waals surface area contributed by atoms with Crippen LogP contribution in [-0.2, 0) is 0 Å². The number of aromatic amines is 1. The van der Waals surface area contributed by atoms with E-state index in [2.05, 4.69) is 4.98 Å². The second-order valence-corrected chi connectivity index (χ2v) is 1.95. The second-order valence-electron chi connectivity index (χ2n) is 1.95. The number of ether oxygens (including phenoxy) is 2. The Bertz CT molecular complexity index is 267. The number of rotatable bonds is 2. The van der Waals surface area contributed by atoms with Crippen molar-refractivity contribution in [3.8, 4) is 11.6 Å². The highest BCUT2D eigenvalue weighted by molar-refractivity contribution is 5.25. The maximum atomic E-state index is 10.8. The highest BCUT2D eigenvalue weighted by atomic mass is 16.5. The van der Waals surface area contributed by atoms with Crippen LogP contribution in [0.3, 0.4) is 0 Å². The second kappa shape index (κ2) is 3.09. The standard InChI is InChI=1S/C7H9NO3/c1-10-5-3-6(9)8-7(4-5)11-2/h3-4H,1-2H3,(H,8,9). The SMILES string of the molecule is COc1cc(OC)[nH]c(=O)c1. The van der Waals surface area contributed by atoms with Gasteiger partial charge in [0.25, 0.3) is 5.56 Å². The molecule has 4 heteroatoms. The molecule has 0 amide bonds. The molecule has 0 aliphatic heterocycles. The molecule has 0 aliphatic rings. The highest BCUT2D eigenvalue weighted by Gasteiger charge is 1.96. The van der Waals surface area contributed by atoms with E-state index in [1.54, 1.807) is 6.07 Å². The molecule has 1 rings (SSSR count). The molecule has 0 aliphatic carbocycles. The summed E-state index contributed by atoms with van der Waals surface area (Å²) < 4.78 is 9.64. The molecule has 0 aromatic carbocycles. The van der Waals surface area contributed by atoms with Crippen molar-refractivity contribution in [3.05, 3.63) is 22.5 Å². The molecule has 4 nitrogen and oxygen atoms in total. The van der Waals surface area contributed by atoms with E-state index < -0.39 is 0 Å². The summed E-state index contributed by atoms with van der Waals surface area (Å²) in [4.78, 5) is 13.3. The Hall–Kier alpha value is -1.45. The number of hydrogen-bond donors (Lipinski definition) is 1. The van der Waals surface area contributed by atoms with Gasteiger partial charge in [0.1, 0.15) is 5.75 Å². The zero-order valence-corrected chi connectivity index (χ0v) is 6.38. The molecule has 0 unspecified atom stereocenters. The van der Waals surface area contributed by atoms with Crippen molar-refractivity contribution in [2.24, 2.45) is 0 Å². The Morgan fingerprint density at radius 3 is 2.55 bits per heavy atom. The smallest absolute Gasteiger partial charge is 0.254 e. The van der Waals surface area contributed by atoms with Gasteiger partial charge in [-0.2, -0.15) is 0 Å². The van der Waals surface area contributed by atoms with Crippen molar-refractivity contribution in [2.75, 3.05) is 14.2 Å². The fourth-order valence-corrected chi connectivity index (χ4v) is 0.721. The van der Waals surface area contributed by atoms with Crippen LogP contribution in [0, 0.1) is 0 Å². The quantitative estimate of drug-likeness (QED) is 0.672. The van der Waals surface area contributed by atoms with Crippen molar-refractivity contribution >= 4 is 0 Å². The lowest BCUT2D eigenvalue weighted by Gasteiger charge is -2.01. The number of methoxy groups -OCH3 is 2. The Labute approximate surface area is 63.8 Å². The van der Waals surface area contributed by atoms with E-state index in [4.69, 9.17) is 9.47 Å². The predicted molar refractivity (Wildman–Crippen MR) is 40.2 cm³/mol. The topological polar surface area (TPSA) is 51.3 Å². The third-order valence-electron chi connectivity index (χ3n) is 1.25. The summed E-state index contributed by atoms with van der Waals surface area (Å²) in [7, 11) is 2.97. The summed E-state index contributed by atoms with van der Waals surface area (Å²) in [6.07, 6.45) is 0. The van der Waals surface area contributed by atoms with E-state index in [0.717, 1.165) is 0 Å². The summed E-state index contributed by atoms with van der Waals surface area (Å²) in [5, 5.41) is 0. The van der Waals surface area contributed by atoms with Gasteiger partial charge in [0.05, 0.1) is 14.2 Å². The average Bonchev–Trinajstić information content (AvgIpc) is 2.03. The lowest BCUT2D eigenvalue weighted by Crippen LogP contribution is -2.05. The summed E-state index contributed by atoms with van der Waals surface area (Å²) in [5.74, 6) is 0.889. The minimum Gasteiger partial charge on any atom is -0.496 e. The first-order chi connectivity index (χ1) is 5.26. The highest BCUT2D eigenvalue weighted by Crippen LogP contribution is 2.11. The Morgan fingerprint density at radius 1 is 1.27 bits per heavy atom. The predicted octanol–water partition coefficient (Wildman–Crippen LogP) is 0.392. The van der Waals surface area contributed by atoms with Crippen LogP contribution < -0.4 is 15.0 Å². The monoisotopic (exact) mass is 155 g/mol. The van der Waals surface area contributed by atoms with Crippen LogP contribution in [0.2, 0.25) is 0 Å². The molecule has 0 fully saturated rings. The van der Waals surface area contributed by atoms with Gasteiger partial charge in [-0.05, 0) is 0 Å². The summed E-state index contributed by atoms with van der Waals surface area (Å²) >= 11 is 0.